The van der Waals surface area contributed by atoms with Gasteiger partial charge in [-0.15, -0.1) is 0 Å². The van der Waals surface area contributed by atoms with Crippen LogP contribution >= 0.6 is 15.9 Å². The van der Waals surface area contributed by atoms with Crippen LogP contribution in [0.15, 0.2) is 40.9 Å². The molecule has 152 valence electrons. The Bertz CT molecular complexity index is 830. The molecule has 1 N–H and O–H groups in total. The van der Waals surface area contributed by atoms with Gasteiger partial charge in [0.1, 0.15) is 17.2 Å². The van der Waals surface area contributed by atoms with Gasteiger partial charge in [0.15, 0.2) is 6.61 Å². The molecule has 0 aliphatic carbocycles. The van der Waals surface area contributed by atoms with E-state index >= 15 is 0 Å². The summed E-state index contributed by atoms with van der Waals surface area (Å²) in [6.45, 7) is 8.26. The first-order valence-corrected chi connectivity index (χ1v) is 9.89. The van der Waals surface area contributed by atoms with Crippen LogP contribution in [0.4, 0.5) is 0 Å². The first-order valence-electron chi connectivity index (χ1n) is 9.09. The van der Waals surface area contributed by atoms with Crippen LogP contribution in [0.2, 0.25) is 0 Å². The van der Waals surface area contributed by atoms with Crippen LogP contribution in [0.25, 0.3) is 0 Å². The monoisotopic (exact) mass is 449 g/mol. The lowest BCUT2D eigenvalue weighted by Gasteiger charge is -2.20. The molecule has 2 aromatic carbocycles. The maximum atomic E-state index is 12.4. The third kappa shape index (κ3) is 5.64. The number of benzene rings is 2. The van der Waals surface area contributed by atoms with Gasteiger partial charge in [-0.1, -0.05) is 26.8 Å². The second kappa shape index (κ2) is 9.32. The number of halogens is 1. The van der Waals surface area contributed by atoms with Gasteiger partial charge in [0.25, 0.3) is 5.91 Å². The second-order valence-corrected chi connectivity index (χ2v) is 8.44. The minimum Gasteiger partial charge on any atom is -0.497 e. The molecule has 1 atom stereocenters. The average Bonchev–Trinajstić information content (AvgIpc) is 2.65. The third-order valence-electron chi connectivity index (χ3n) is 4.44. The van der Waals surface area contributed by atoms with E-state index in [1.807, 2.05) is 43.3 Å². The number of carbonyl (C=O) groups is 1. The molecule has 1 unspecified atom stereocenters. The van der Waals surface area contributed by atoms with Crippen molar-refractivity contribution in [1.82, 2.24) is 5.32 Å². The van der Waals surface area contributed by atoms with Crippen molar-refractivity contribution < 1.29 is 19.0 Å². The number of hydrogen-bond acceptors (Lipinski definition) is 4. The van der Waals surface area contributed by atoms with Gasteiger partial charge in [-0.25, -0.2) is 0 Å². The van der Waals surface area contributed by atoms with Crippen molar-refractivity contribution in [3.8, 4) is 17.2 Å². The van der Waals surface area contributed by atoms with Crippen LogP contribution in [0.1, 0.15) is 44.9 Å². The van der Waals surface area contributed by atoms with E-state index in [0.29, 0.717) is 17.2 Å². The molecule has 0 fully saturated rings. The normalized spacial score (nSPS) is 12.2. The Hall–Kier alpha value is -2.21. The topological polar surface area (TPSA) is 56.8 Å². The molecule has 2 rings (SSSR count). The molecule has 1 amide bonds. The summed E-state index contributed by atoms with van der Waals surface area (Å²) in [6.07, 6.45) is 0. The highest BCUT2D eigenvalue weighted by Gasteiger charge is 2.17. The number of hydrogen-bond donors (Lipinski definition) is 1. The summed E-state index contributed by atoms with van der Waals surface area (Å²) in [7, 11) is 3.20. The quantitative estimate of drug-likeness (QED) is 0.644. The van der Waals surface area contributed by atoms with Gasteiger partial charge in [-0.3, -0.25) is 4.79 Å². The highest BCUT2D eigenvalue weighted by Crippen LogP contribution is 2.32. The van der Waals surface area contributed by atoms with Crippen molar-refractivity contribution in [1.29, 1.82) is 0 Å². The molecule has 0 bridgehead atoms. The number of amides is 1. The van der Waals surface area contributed by atoms with Gasteiger partial charge >= 0.3 is 0 Å². The Morgan fingerprint density at radius 3 is 2.32 bits per heavy atom. The minimum absolute atomic E-state index is 0.0453. The van der Waals surface area contributed by atoms with Crippen LogP contribution in [0.5, 0.6) is 17.2 Å². The fourth-order valence-electron chi connectivity index (χ4n) is 2.77. The minimum atomic E-state index is -0.257. The number of ether oxygens (including phenoxy) is 3. The van der Waals surface area contributed by atoms with Crippen LogP contribution in [-0.2, 0) is 10.2 Å². The zero-order chi connectivity index (χ0) is 20.9. The van der Waals surface area contributed by atoms with E-state index < -0.39 is 0 Å². The smallest absolute Gasteiger partial charge is 0.258 e. The van der Waals surface area contributed by atoms with Crippen molar-refractivity contribution in [3.05, 3.63) is 52.0 Å². The molecule has 5 nitrogen and oxygen atoms in total. The molecule has 6 heteroatoms. The van der Waals surface area contributed by atoms with Crippen LogP contribution in [0, 0.1) is 0 Å². The zero-order valence-corrected chi connectivity index (χ0v) is 18.8. The largest absolute Gasteiger partial charge is 0.497 e. The highest BCUT2D eigenvalue weighted by atomic mass is 79.9. The number of carbonyl (C=O) groups excluding carboxylic acids is 1. The maximum absolute atomic E-state index is 12.4. The number of rotatable bonds is 7. The molecule has 0 aromatic heterocycles. The van der Waals surface area contributed by atoms with Gasteiger partial charge in [0.05, 0.1) is 24.7 Å². The Morgan fingerprint density at radius 2 is 1.75 bits per heavy atom. The number of nitrogens with one attached hydrogen (secondary N) is 1. The van der Waals surface area contributed by atoms with Crippen molar-refractivity contribution in [2.45, 2.75) is 39.2 Å². The first-order chi connectivity index (χ1) is 13.2. The summed E-state index contributed by atoms with van der Waals surface area (Å²) >= 11 is 3.52. The molecular formula is C22H28BrNO4. The van der Waals surface area contributed by atoms with E-state index in [9.17, 15) is 4.79 Å². The summed E-state index contributed by atoms with van der Waals surface area (Å²) in [5.41, 5.74) is 2.07. The first kappa shape index (κ1) is 22.1. The highest BCUT2D eigenvalue weighted by molar-refractivity contribution is 9.10. The molecular weight excluding hydrogens is 422 g/mol. The lowest BCUT2D eigenvalue weighted by molar-refractivity contribution is -0.123. The third-order valence-corrected chi connectivity index (χ3v) is 5.06. The molecule has 0 saturated carbocycles. The Morgan fingerprint density at radius 1 is 1.07 bits per heavy atom. The summed E-state index contributed by atoms with van der Waals surface area (Å²) in [6, 6.07) is 11.2. The molecule has 28 heavy (non-hydrogen) atoms. The van der Waals surface area contributed by atoms with E-state index in [2.05, 4.69) is 42.0 Å². The van der Waals surface area contributed by atoms with Crippen molar-refractivity contribution >= 4 is 21.8 Å². The molecule has 2 aromatic rings. The molecule has 0 aliphatic heterocycles. The van der Waals surface area contributed by atoms with Gasteiger partial charge in [-0.2, -0.15) is 0 Å². The molecule has 0 heterocycles. The van der Waals surface area contributed by atoms with E-state index in [0.717, 1.165) is 10.0 Å². The van der Waals surface area contributed by atoms with Gasteiger partial charge < -0.3 is 19.5 Å². The van der Waals surface area contributed by atoms with Gasteiger partial charge in [-0.05, 0) is 64.2 Å². The lowest BCUT2D eigenvalue weighted by Crippen LogP contribution is -2.31. The van der Waals surface area contributed by atoms with Crippen molar-refractivity contribution in [3.63, 3.8) is 0 Å². The van der Waals surface area contributed by atoms with E-state index in [-0.39, 0.29) is 24.0 Å². The standard InChI is InChI=1S/C22H28BrNO4/c1-14(17-12-16(26-5)8-10-19(17)27-6)24-21(25)13-28-20-9-7-15(11-18(20)23)22(2,3)4/h7-12,14H,13H2,1-6H3,(H,24,25). The maximum Gasteiger partial charge on any atom is 0.258 e. The van der Waals surface area contributed by atoms with Crippen molar-refractivity contribution in [2.24, 2.45) is 0 Å². The molecule has 0 spiro atoms. The Kier molecular flexibility index (Phi) is 7.35. The van der Waals surface area contributed by atoms with E-state index in [1.165, 1.54) is 5.56 Å². The average molecular weight is 450 g/mol. The predicted molar refractivity (Wildman–Crippen MR) is 114 cm³/mol. The van der Waals surface area contributed by atoms with Crippen LogP contribution < -0.4 is 19.5 Å². The lowest BCUT2D eigenvalue weighted by atomic mass is 9.87. The molecule has 0 radical (unpaired) electrons. The SMILES string of the molecule is COc1ccc(OC)c(C(C)NC(=O)COc2ccc(C(C)(C)C)cc2Br)c1. The Labute approximate surface area is 175 Å². The van der Waals surface area contributed by atoms with Gasteiger partial charge in [0, 0.05) is 5.56 Å². The van der Waals surface area contributed by atoms with E-state index in [4.69, 9.17) is 14.2 Å². The second-order valence-electron chi connectivity index (χ2n) is 7.58. The number of methoxy groups -OCH3 is 2. The fraction of sp³-hybridized carbons (Fsp3) is 0.409. The summed E-state index contributed by atoms with van der Waals surface area (Å²) in [5.74, 6) is 1.81. The van der Waals surface area contributed by atoms with E-state index in [1.54, 1.807) is 14.2 Å². The van der Waals surface area contributed by atoms with Crippen molar-refractivity contribution in [2.75, 3.05) is 20.8 Å². The van der Waals surface area contributed by atoms with Crippen LogP contribution in [0.3, 0.4) is 0 Å². The predicted octanol–water partition coefficient (Wildman–Crippen LogP) is 5.02. The zero-order valence-electron chi connectivity index (χ0n) is 17.3. The summed E-state index contributed by atoms with van der Waals surface area (Å²) in [4.78, 5) is 12.4. The Balaban J connectivity index is 2.01. The molecule has 0 aliphatic rings. The molecule has 0 saturated heterocycles. The summed E-state index contributed by atoms with van der Waals surface area (Å²) < 4.78 is 17.2. The fourth-order valence-corrected chi connectivity index (χ4v) is 3.26. The van der Waals surface area contributed by atoms with Crippen LogP contribution in [-0.4, -0.2) is 26.7 Å². The summed E-state index contributed by atoms with van der Waals surface area (Å²) in [5, 5.41) is 2.93. The van der Waals surface area contributed by atoms with Gasteiger partial charge in [0.2, 0.25) is 0 Å².